The maximum atomic E-state index is 11.2. The molecule has 0 saturated heterocycles. The van der Waals surface area contributed by atoms with E-state index < -0.39 is 0 Å². The van der Waals surface area contributed by atoms with Gasteiger partial charge in [-0.1, -0.05) is 30.3 Å². The summed E-state index contributed by atoms with van der Waals surface area (Å²) in [6.07, 6.45) is 4.02. The Bertz CT molecular complexity index is 793. The molecular formula is C16H17N4O+. The van der Waals surface area contributed by atoms with Crippen molar-refractivity contribution < 1.29 is 9.36 Å². The topological polar surface area (TPSA) is 50.8 Å². The van der Waals surface area contributed by atoms with Gasteiger partial charge in [0.1, 0.15) is 0 Å². The smallest absolute Gasteiger partial charge is 0.223 e. The SMILES string of the molecule is CC(=O)Nc1nc2c[n+](Cc3ccccc3)ccc2n1C. The summed E-state index contributed by atoms with van der Waals surface area (Å²) in [5.74, 6) is 0.445. The molecule has 1 N–H and O–H groups in total. The van der Waals surface area contributed by atoms with Crippen LogP contribution in [0.5, 0.6) is 0 Å². The highest BCUT2D eigenvalue weighted by Gasteiger charge is 2.12. The molecule has 3 rings (SSSR count). The Balaban J connectivity index is 1.95. The molecule has 2 aromatic heterocycles. The third-order valence-electron chi connectivity index (χ3n) is 3.38. The van der Waals surface area contributed by atoms with Gasteiger partial charge in [-0.05, 0) is 0 Å². The zero-order valence-corrected chi connectivity index (χ0v) is 12.1. The van der Waals surface area contributed by atoms with Gasteiger partial charge in [0, 0.05) is 25.6 Å². The Morgan fingerprint density at radius 1 is 1.29 bits per heavy atom. The molecule has 106 valence electrons. The number of imidazole rings is 1. The van der Waals surface area contributed by atoms with E-state index in [1.54, 1.807) is 0 Å². The molecule has 1 aromatic carbocycles. The van der Waals surface area contributed by atoms with Crippen LogP contribution in [-0.4, -0.2) is 15.5 Å². The molecule has 2 heterocycles. The van der Waals surface area contributed by atoms with Crippen LogP contribution in [0.25, 0.3) is 11.0 Å². The van der Waals surface area contributed by atoms with Gasteiger partial charge in [0.15, 0.2) is 24.5 Å². The molecule has 0 spiro atoms. The normalized spacial score (nSPS) is 10.8. The van der Waals surface area contributed by atoms with Gasteiger partial charge in [0.25, 0.3) is 0 Å². The molecule has 0 bridgehead atoms. The van der Waals surface area contributed by atoms with Crippen molar-refractivity contribution >= 4 is 22.9 Å². The molecular weight excluding hydrogens is 264 g/mol. The highest BCUT2D eigenvalue weighted by Crippen LogP contribution is 2.16. The lowest BCUT2D eigenvalue weighted by Crippen LogP contribution is -2.33. The van der Waals surface area contributed by atoms with Crippen molar-refractivity contribution in [2.45, 2.75) is 13.5 Å². The molecule has 1 amide bonds. The van der Waals surface area contributed by atoms with Gasteiger partial charge in [-0.3, -0.25) is 10.1 Å². The number of carbonyl (C=O) groups excluding carboxylic acids is 1. The first-order valence-corrected chi connectivity index (χ1v) is 6.80. The van der Waals surface area contributed by atoms with Crippen molar-refractivity contribution in [1.82, 2.24) is 9.55 Å². The summed E-state index contributed by atoms with van der Waals surface area (Å²) in [7, 11) is 1.89. The largest absolute Gasteiger partial charge is 0.313 e. The molecule has 0 atom stereocenters. The van der Waals surface area contributed by atoms with Crippen LogP contribution >= 0.6 is 0 Å². The number of fused-ring (bicyclic) bond motifs is 1. The molecule has 5 nitrogen and oxygen atoms in total. The average Bonchev–Trinajstić information content (AvgIpc) is 2.75. The first kappa shape index (κ1) is 13.3. The number of carbonyl (C=O) groups is 1. The number of nitrogens with one attached hydrogen (secondary N) is 1. The Morgan fingerprint density at radius 2 is 2.05 bits per heavy atom. The van der Waals surface area contributed by atoms with Crippen molar-refractivity contribution in [3.05, 3.63) is 54.4 Å². The fourth-order valence-corrected chi connectivity index (χ4v) is 2.35. The summed E-state index contributed by atoms with van der Waals surface area (Å²) in [5, 5.41) is 2.74. The van der Waals surface area contributed by atoms with Crippen LogP contribution in [0.4, 0.5) is 5.95 Å². The monoisotopic (exact) mass is 281 g/mol. The van der Waals surface area contributed by atoms with Crippen LogP contribution in [0, 0.1) is 0 Å². The number of hydrogen-bond acceptors (Lipinski definition) is 2. The Hall–Kier alpha value is -2.69. The predicted molar refractivity (Wildman–Crippen MR) is 80.8 cm³/mol. The highest BCUT2D eigenvalue weighted by molar-refractivity contribution is 5.89. The lowest BCUT2D eigenvalue weighted by molar-refractivity contribution is -0.687. The third-order valence-corrected chi connectivity index (χ3v) is 3.38. The molecule has 0 saturated carbocycles. The minimum absolute atomic E-state index is 0.120. The van der Waals surface area contributed by atoms with Crippen LogP contribution in [0.1, 0.15) is 12.5 Å². The number of hydrogen-bond donors (Lipinski definition) is 1. The molecule has 0 unspecified atom stereocenters. The summed E-state index contributed by atoms with van der Waals surface area (Å²) in [6, 6.07) is 12.3. The standard InChI is InChI=1S/C16H16N4O/c1-12(21)17-16-18-14-11-20(9-8-15(14)19(16)2)10-13-6-4-3-5-7-13/h3-9,11H,10H2,1-2H3/p+1. The lowest BCUT2D eigenvalue weighted by atomic mass is 10.2. The summed E-state index contributed by atoms with van der Waals surface area (Å²) >= 11 is 0. The number of amides is 1. The molecule has 0 fully saturated rings. The van der Waals surface area contributed by atoms with Gasteiger partial charge in [-0.25, -0.2) is 4.98 Å². The molecule has 3 aromatic rings. The molecule has 0 aliphatic carbocycles. The number of aromatic nitrogens is 3. The number of benzene rings is 1. The zero-order valence-electron chi connectivity index (χ0n) is 12.1. The number of rotatable bonds is 3. The number of anilines is 1. The second kappa shape index (κ2) is 5.36. The molecule has 0 aliphatic heterocycles. The number of nitrogens with zero attached hydrogens (tertiary/aromatic N) is 3. The van der Waals surface area contributed by atoms with Gasteiger partial charge in [0.2, 0.25) is 11.9 Å². The Labute approximate surface area is 122 Å². The average molecular weight is 281 g/mol. The van der Waals surface area contributed by atoms with E-state index in [0.29, 0.717) is 5.95 Å². The van der Waals surface area contributed by atoms with Gasteiger partial charge >= 0.3 is 0 Å². The number of aryl methyl sites for hydroxylation is 1. The van der Waals surface area contributed by atoms with E-state index in [4.69, 9.17) is 0 Å². The van der Waals surface area contributed by atoms with Gasteiger partial charge < -0.3 is 4.57 Å². The van der Waals surface area contributed by atoms with Crippen molar-refractivity contribution in [3.63, 3.8) is 0 Å². The van der Waals surface area contributed by atoms with Gasteiger partial charge in [-0.2, -0.15) is 4.57 Å². The summed E-state index contributed by atoms with van der Waals surface area (Å²) in [4.78, 5) is 15.6. The maximum absolute atomic E-state index is 11.2. The van der Waals surface area contributed by atoms with E-state index in [9.17, 15) is 4.79 Å². The fraction of sp³-hybridized carbons (Fsp3) is 0.188. The minimum atomic E-state index is -0.120. The van der Waals surface area contributed by atoms with E-state index in [1.807, 2.05) is 48.3 Å². The zero-order chi connectivity index (χ0) is 14.8. The quantitative estimate of drug-likeness (QED) is 0.745. The summed E-state index contributed by atoms with van der Waals surface area (Å²) < 4.78 is 3.96. The van der Waals surface area contributed by atoms with Gasteiger partial charge in [0.05, 0.1) is 5.52 Å². The van der Waals surface area contributed by atoms with E-state index in [-0.39, 0.29) is 5.91 Å². The Kier molecular flexibility index (Phi) is 3.39. The van der Waals surface area contributed by atoms with Crippen LogP contribution in [0.15, 0.2) is 48.8 Å². The highest BCUT2D eigenvalue weighted by atomic mass is 16.1. The lowest BCUT2D eigenvalue weighted by Gasteiger charge is -2.01. The second-order valence-electron chi connectivity index (χ2n) is 5.05. The minimum Gasteiger partial charge on any atom is -0.313 e. The van der Waals surface area contributed by atoms with E-state index in [0.717, 1.165) is 17.6 Å². The van der Waals surface area contributed by atoms with Crippen LogP contribution in [0.3, 0.4) is 0 Å². The van der Waals surface area contributed by atoms with Crippen molar-refractivity contribution in [1.29, 1.82) is 0 Å². The number of pyridine rings is 1. The van der Waals surface area contributed by atoms with Crippen LogP contribution in [0.2, 0.25) is 0 Å². The van der Waals surface area contributed by atoms with E-state index in [2.05, 4.69) is 27.0 Å². The van der Waals surface area contributed by atoms with Crippen LogP contribution in [-0.2, 0) is 18.4 Å². The maximum Gasteiger partial charge on any atom is 0.223 e. The molecule has 21 heavy (non-hydrogen) atoms. The fourth-order valence-electron chi connectivity index (χ4n) is 2.35. The summed E-state index contributed by atoms with van der Waals surface area (Å²) in [5.41, 5.74) is 3.09. The first-order valence-electron chi connectivity index (χ1n) is 6.80. The van der Waals surface area contributed by atoms with Crippen molar-refractivity contribution in [2.24, 2.45) is 7.05 Å². The summed E-state index contributed by atoms with van der Waals surface area (Å²) in [6.45, 7) is 2.28. The van der Waals surface area contributed by atoms with E-state index >= 15 is 0 Å². The third kappa shape index (κ3) is 2.76. The van der Waals surface area contributed by atoms with Gasteiger partial charge in [-0.15, -0.1) is 0 Å². The van der Waals surface area contributed by atoms with E-state index in [1.165, 1.54) is 12.5 Å². The Morgan fingerprint density at radius 3 is 2.76 bits per heavy atom. The second-order valence-corrected chi connectivity index (χ2v) is 5.05. The predicted octanol–water partition coefficient (Wildman–Crippen LogP) is 1.87. The molecule has 5 heteroatoms. The first-order chi connectivity index (χ1) is 10.1. The van der Waals surface area contributed by atoms with Crippen LogP contribution < -0.4 is 9.88 Å². The van der Waals surface area contributed by atoms with Crippen molar-refractivity contribution in [2.75, 3.05) is 5.32 Å². The van der Waals surface area contributed by atoms with Crippen molar-refractivity contribution in [3.8, 4) is 0 Å². The molecule has 0 radical (unpaired) electrons. The molecule has 0 aliphatic rings.